The number of likely N-dealkylation sites (tertiary alicyclic amines) is 1. The van der Waals surface area contributed by atoms with E-state index in [1.807, 2.05) is 4.90 Å². The molecule has 1 atom stereocenters. The lowest BCUT2D eigenvalue weighted by Gasteiger charge is -2.30. The van der Waals surface area contributed by atoms with Gasteiger partial charge in [-0.1, -0.05) is 32.4 Å². The fraction of sp³-hybridized carbons (Fsp3) is 0.722. The highest BCUT2D eigenvalue weighted by molar-refractivity contribution is 6.33. The van der Waals surface area contributed by atoms with Crippen LogP contribution in [0.4, 0.5) is 5.95 Å². The first-order chi connectivity index (χ1) is 11.3. The zero-order valence-corrected chi connectivity index (χ0v) is 15.6. The number of rotatable bonds is 3. The topological polar surface area (TPSA) is 49.3 Å². The van der Waals surface area contributed by atoms with Crippen molar-refractivity contribution in [2.24, 2.45) is 5.41 Å². The van der Waals surface area contributed by atoms with E-state index in [4.69, 9.17) is 11.6 Å². The number of carbonyl (C=O) groups is 1. The van der Waals surface area contributed by atoms with Crippen molar-refractivity contribution in [1.82, 2.24) is 14.9 Å². The van der Waals surface area contributed by atoms with E-state index in [1.165, 1.54) is 0 Å². The molecule has 0 radical (unpaired) electrons. The Balaban J connectivity index is 1.82. The van der Waals surface area contributed by atoms with Gasteiger partial charge in [-0.25, -0.2) is 9.97 Å². The maximum Gasteiger partial charge on any atom is 0.274 e. The normalized spacial score (nSPS) is 21.6. The fourth-order valence-electron chi connectivity index (χ4n) is 3.74. The van der Waals surface area contributed by atoms with Crippen molar-refractivity contribution < 1.29 is 4.79 Å². The molecule has 1 unspecified atom stereocenters. The Kier molecular flexibility index (Phi) is 5.00. The first-order valence-corrected chi connectivity index (χ1v) is 9.31. The molecule has 0 bridgehead atoms. The second-order valence-electron chi connectivity index (χ2n) is 8.12. The van der Waals surface area contributed by atoms with Crippen molar-refractivity contribution in [3.8, 4) is 0 Å². The Morgan fingerprint density at radius 2 is 1.96 bits per heavy atom. The Morgan fingerprint density at radius 3 is 2.62 bits per heavy atom. The van der Waals surface area contributed by atoms with Crippen LogP contribution in [0, 0.1) is 5.41 Å². The molecule has 0 saturated carbocycles. The van der Waals surface area contributed by atoms with Gasteiger partial charge in [0.15, 0.2) is 5.69 Å². The summed E-state index contributed by atoms with van der Waals surface area (Å²) in [5.74, 6) is 0.585. The van der Waals surface area contributed by atoms with Gasteiger partial charge in [0.1, 0.15) is 0 Å². The summed E-state index contributed by atoms with van der Waals surface area (Å²) in [7, 11) is 0. The van der Waals surface area contributed by atoms with Gasteiger partial charge in [-0.15, -0.1) is 0 Å². The minimum atomic E-state index is -0.0467. The number of anilines is 1. The molecule has 0 aromatic carbocycles. The van der Waals surface area contributed by atoms with Gasteiger partial charge in [0, 0.05) is 25.7 Å². The van der Waals surface area contributed by atoms with Crippen LogP contribution in [-0.2, 0) is 0 Å². The number of nitrogens with zero attached hydrogens (tertiary/aromatic N) is 4. The standard InChI is InChI=1S/C18H27ClN4O/c1-18(2,3)11-13-7-6-10-23(13)16(24)15-14(19)12-20-17(21-15)22-8-4-5-9-22/h12-13H,4-11H2,1-3H3. The predicted octanol–water partition coefficient (Wildman–Crippen LogP) is 3.77. The maximum atomic E-state index is 13.1. The molecule has 2 aliphatic heterocycles. The Morgan fingerprint density at radius 1 is 1.25 bits per heavy atom. The first-order valence-electron chi connectivity index (χ1n) is 8.93. The minimum Gasteiger partial charge on any atom is -0.341 e. The lowest BCUT2D eigenvalue weighted by atomic mass is 9.87. The molecule has 3 heterocycles. The molecule has 1 aromatic rings. The van der Waals surface area contributed by atoms with E-state index in [0.29, 0.717) is 16.7 Å². The lowest BCUT2D eigenvalue weighted by molar-refractivity contribution is 0.0698. The lowest BCUT2D eigenvalue weighted by Crippen LogP contribution is -2.38. The van der Waals surface area contributed by atoms with E-state index in [-0.39, 0.29) is 17.4 Å². The van der Waals surface area contributed by atoms with Gasteiger partial charge in [-0.3, -0.25) is 4.79 Å². The molecule has 2 saturated heterocycles. The van der Waals surface area contributed by atoms with Crippen molar-refractivity contribution in [1.29, 1.82) is 0 Å². The van der Waals surface area contributed by atoms with Crippen molar-refractivity contribution >= 4 is 23.5 Å². The van der Waals surface area contributed by atoms with Gasteiger partial charge >= 0.3 is 0 Å². The van der Waals surface area contributed by atoms with E-state index in [2.05, 4.69) is 35.6 Å². The molecule has 1 aromatic heterocycles. The summed E-state index contributed by atoms with van der Waals surface area (Å²) in [5, 5.41) is 0.351. The summed E-state index contributed by atoms with van der Waals surface area (Å²) < 4.78 is 0. The number of hydrogen-bond acceptors (Lipinski definition) is 4. The third-order valence-corrected chi connectivity index (χ3v) is 5.09. The van der Waals surface area contributed by atoms with Crippen LogP contribution in [0.2, 0.25) is 5.02 Å². The monoisotopic (exact) mass is 350 g/mol. The zero-order chi connectivity index (χ0) is 17.3. The van der Waals surface area contributed by atoms with Gasteiger partial charge in [-0.2, -0.15) is 0 Å². The van der Waals surface area contributed by atoms with Crippen molar-refractivity contribution in [3.05, 3.63) is 16.9 Å². The molecule has 3 rings (SSSR count). The molecule has 1 amide bonds. The molecule has 2 aliphatic rings. The molecule has 5 nitrogen and oxygen atoms in total. The van der Waals surface area contributed by atoms with Crippen LogP contribution in [-0.4, -0.2) is 46.5 Å². The molecule has 6 heteroatoms. The second kappa shape index (κ2) is 6.87. The van der Waals surface area contributed by atoms with Gasteiger partial charge in [0.25, 0.3) is 5.91 Å². The maximum absolute atomic E-state index is 13.1. The minimum absolute atomic E-state index is 0.0467. The van der Waals surface area contributed by atoms with Crippen LogP contribution in [0.5, 0.6) is 0 Å². The molecule has 2 fully saturated rings. The Labute approximate surface area is 149 Å². The van der Waals surface area contributed by atoms with E-state index >= 15 is 0 Å². The number of halogens is 1. The van der Waals surface area contributed by atoms with Crippen LogP contribution in [0.1, 0.15) is 63.4 Å². The van der Waals surface area contributed by atoms with Gasteiger partial charge in [-0.05, 0) is 37.5 Å². The number of carbonyl (C=O) groups excluding carboxylic acids is 1. The quantitative estimate of drug-likeness (QED) is 0.832. The number of hydrogen-bond donors (Lipinski definition) is 0. The zero-order valence-electron chi connectivity index (χ0n) is 14.9. The highest BCUT2D eigenvalue weighted by Crippen LogP contribution is 2.31. The van der Waals surface area contributed by atoms with Gasteiger partial charge < -0.3 is 9.80 Å². The molecule has 0 spiro atoms. The summed E-state index contributed by atoms with van der Waals surface area (Å²) in [6.45, 7) is 9.35. The van der Waals surface area contributed by atoms with Crippen molar-refractivity contribution in [3.63, 3.8) is 0 Å². The van der Waals surface area contributed by atoms with E-state index in [0.717, 1.165) is 51.7 Å². The average molecular weight is 351 g/mol. The third kappa shape index (κ3) is 3.82. The fourth-order valence-corrected chi connectivity index (χ4v) is 3.91. The highest BCUT2D eigenvalue weighted by atomic mass is 35.5. The Hall–Kier alpha value is -1.36. The van der Waals surface area contributed by atoms with Crippen LogP contribution in [0.3, 0.4) is 0 Å². The number of aromatic nitrogens is 2. The van der Waals surface area contributed by atoms with Gasteiger partial charge in [0.2, 0.25) is 5.95 Å². The van der Waals surface area contributed by atoms with Crippen LogP contribution in [0.15, 0.2) is 6.20 Å². The average Bonchev–Trinajstić information content (AvgIpc) is 3.17. The van der Waals surface area contributed by atoms with E-state index in [9.17, 15) is 4.79 Å². The molecule has 132 valence electrons. The molecular formula is C18H27ClN4O. The second-order valence-corrected chi connectivity index (χ2v) is 8.53. The summed E-state index contributed by atoms with van der Waals surface area (Å²) in [6, 6.07) is 0.277. The van der Waals surface area contributed by atoms with Crippen LogP contribution < -0.4 is 4.90 Å². The SMILES string of the molecule is CC(C)(C)CC1CCCN1C(=O)c1nc(N2CCCC2)ncc1Cl. The van der Waals surface area contributed by atoms with Crippen LogP contribution in [0.25, 0.3) is 0 Å². The smallest absolute Gasteiger partial charge is 0.274 e. The van der Waals surface area contributed by atoms with Crippen molar-refractivity contribution in [2.45, 2.75) is 58.9 Å². The van der Waals surface area contributed by atoms with Gasteiger partial charge in [0.05, 0.1) is 11.2 Å². The third-order valence-electron chi connectivity index (χ3n) is 4.81. The molecular weight excluding hydrogens is 324 g/mol. The number of amides is 1. The Bertz CT molecular complexity index is 608. The molecule has 24 heavy (non-hydrogen) atoms. The van der Waals surface area contributed by atoms with Crippen LogP contribution >= 0.6 is 11.6 Å². The summed E-state index contributed by atoms with van der Waals surface area (Å²) in [5.41, 5.74) is 0.554. The molecule has 0 N–H and O–H groups in total. The summed E-state index contributed by atoms with van der Waals surface area (Å²) in [4.78, 5) is 26.0. The molecule has 0 aliphatic carbocycles. The highest BCUT2D eigenvalue weighted by Gasteiger charge is 2.34. The largest absolute Gasteiger partial charge is 0.341 e. The summed E-state index contributed by atoms with van der Waals surface area (Å²) in [6.07, 6.45) is 6.98. The first kappa shape index (κ1) is 17.5. The van der Waals surface area contributed by atoms with Crippen molar-refractivity contribution in [2.75, 3.05) is 24.5 Å². The summed E-state index contributed by atoms with van der Waals surface area (Å²) >= 11 is 6.27. The predicted molar refractivity (Wildman–Crippen MR) is 96.6 cm³/mol. The van der Waals surface area contributed by atoms with E-state index < -0.39 is 0 Å². The van der Waals surface area contributed by atoms with E-state index in [1.54, 1.807) is 6.20 Å².